The minimum absolute atomic E-state index is 0.0591. The Hall–Kier alpha value is -3.87. The van der Waals surface area contributed by atoms with Crippen LogP contribution in [0.2, 0.25) is 0 Å². The molecule has 0 spiro atoms. The van der Waals surface area contributed by atoms with Crippen LogP contribution in [0, 0.1) is 5.82 Å². The minimum Gasteiger partial charge on any atom is -0.493 e. The molecular weight excluding hydrogens is 471 g/mol. The number of amides is 2. The zero-order valence-corrected chi connectivity index (χ0v) is 21.1. The van der Waals surface area contributed by atoms with Crippen molar-refractivity contribution in [2.75, 3.05) is 13.7 Å². The van der Waals surface area contributed by atoms with E-state index in [1.54, 1.807) is 42.5 Å². The molecule has 2 amide bonds. The number of hydrogen-bond acceptors (Lipinski definition) is 4. The van der Waals surface area contributed by atoms with E-state index in [2.05, 4.69) is 5.32 Å². The SMILES string of the molecule is COc1ccccc1OCC(=O)N(Cc1ccccc1F)C(Cc1ccccc1)C(=O)NC1CCCC1. The largest absolute Gasteiger partial charge is 0.493 e. The number of ether oxygens (including phenoxy) is 2. The molecule has 1 N–H and O–H groups in total. The quantitative estimate of drug-likeness (QED) is 0.403. The van der Waals surface area contributed by atoms with Crippen molar-refractivity contribution >= 4 is 11.8 Å². The summed E-state index contributed by atoms with van der Waals surface area (Å²) in [5, 5.41) is 3.14. The van der Waals surface area contributed by atoms with Crippen LogP contribution in [0.1, 0.15) is 36.8 Å². The van der Waals surface area contributed by atoms with Crippen molar-refractivity contribution in [1.82, 2.24) is 10.2 Å². The van der Waals surface area contributed by atoms with Gasteiger partial charge in [0.25, 0.3) is 5.91 Å². The number of para-hydroxylation sites is 2. The van der Waals surface area contributed by atoms with E-state index < -0.39 is 17.8 Å². The van der Waals surface area contributed by atoms with Gasteiger partial charge in [-0.15, -0.1) is 0 Å². The lowest BCUT2D eigenvalue weighted by molar-refractivity contribution is -0.143. The fourth-order valence-corrected chi connectivity index (χ4v) is 4.69. The Kier molecular flexibility index (Phi) is 9.13. The van der Waals surface area contributed by atoms with E-state index in [-0.39, 0.29) is 25.1 Å². The topological polar surface area (TPSA) is 67.9 Å². The van der Waals surface area contributed by atoms with Gasteiger partial charge in [0.2, 0.25) is 5.91 Å². The first-order chi connectivity index (χ1) is 18.0. The highest BCUT2D eigenvalue weighted by molar-refractivity contribution is 5.88. The molecule has 6 nitrogen and oxygen atoms in total. The van der Waals surface area contributed by atoms with Gasteiger partial charge in [0, 0.05) is 24.6 Å². The maximum atomic E-state index is 14.7. The molecule has 0 aliphatic heterocycles. The molecule has 4 rings (SSSR count). The lowest BCUT2D eigenvalue weighted by Crippen LogP contribution is -2.53. The van der Waals surface area contributed by atoms with Crippen LogP contribution in [0.25, 0.3) is 0 Å². The van der Waals surface area contributed by atoms with Crippen LogP contribution in [-0.4, -0.2) is 42.5 Å². The number of carbonyl (C=O) groups excluding carboxylic acids is 2. The molecule has 1 atom stereocenters. The van der Waals surface area contributed by atoms with Gasteiger partial charge >= 0.3 is 0 Å². The van der Waals surface area contributed by atoms with E-state index in [4.69, 9.17) is 9.47 Å². The lowest BCUT2D eigenvalue weighted by atomic mass is 10.0. The van der Waals surface area contributed by atoms with Crippen LogP contribution in [0.4, 0.5) is 4.39 Å². The molecule has 0 radical (unpaired) electrons. The Bertz CT molecular complexity index is 1180. The summed E-state index contributed by atoms with van der Waals surface area (Å²) >= 11 is 0. The summed E-state index contributed by atoms with van der Waals surface area (Å²) in [5.74, 6) is -0.176. The number of rotatable bonds is 11. The second-order valence-electron chi connectivity index (χ2n) is 9.25. The smallest absolute Gasteiger partial charge is 0.261 e. The van der Waals surface area contributed by atoms with Crippen molar-refractivity contribution in [3.8, 4) is 11.5 Å². The zero-order chi connectivity index (χ0) is 26.0. The van der Waals surface area contributed by atoms with E-state index in [0.717, 1.165) is 31.2 Å². The highest BCUT2D eigenvalue weighted by Crippen LogP contribution is 2.26. The second-order valence-corrected chi connectivity index (χ2v) is 9.25. The van der Waals surface area contributed by atoms with Crippen molar-refractivity contribution in [3.63, 3.8) is 0 Å². The van der Waals surface area contributed by atoms with Gasteiger partial charge in [-0.2, -0.15) is 0 Å². The molecule has 0 saturated heterocycles. The predicted molar refractivity (Wildman–Crippen MR) is 140 cm³/mol. The first-order valence-electron chi connectivity index (χ1n) is 12.7. The first-order valence-corrected chi connectivity index (χ1v) is 12.7. The van der Waals surface area contributed by atoms with E-state index in [1.165, 1.54) is 18.1 Å². The predicted octanol–water partition coefficient (Wildman–Crippen LogP) is 4.91. The van der Waals surface area contributed by atoms with E-state index >= 15 is 0 Å². The van der Waals surface area contributed by atoms with Gasteiger partial charge in [0.1, 0.15) is 11.9 Å². The molecule has 0 aromatic heterocycles. The fraction of sp³-hybridized carbons (Fsp3) is 0.333. The van der Waals surface area contributed by atoms with Crippen molar-refractivity contribution in [2.24, 2.45) is 0 Å². The van der Waals surface area contributed by atoms with E-state index in [1.807, 2.05) is 30.3 Å². The average Bonchev–Trinajstić information content (AvgIpc) is 3.44. The molecular formula is C30H33FN2O4. The summed E-state index contributed by atoms with van der Waals surface area (Å²) in [6.45, 7) is -0.382. The molecule has 0 heterocycles. The van der Waals surface area contributed by atoms with Crippen LogP contribution >= 0.6 is 0 Å². The number of halogens is 1. The van der Waals surface area contributed by atoms with Gasteiger partial charge in [0.05, 0.1) is 7.11 Å². The highest BCUT2D eigenvalue weighted by atomic mass is 19.1. The average molecular weight is 505 g/mol. The van der Waals surface area contributed by atoms with Crippen molar-refractivity contribution in [3.05, 3.63) is 95.8 Å². The van der Waals surface area contributed by atoms with Crippen LogP contribution in [0.3, 0.4) is 0 Å². The van der Waals surface area contributed by atoms with Crippen LogP contribution in [-0.2, 0) is 22.6 Å². The molecule has 1 aliphatic rings. The maximum Gasteiger partial charge on any atom is 0.261 e. The molecule has 1 fully saturated rings. The summed E-state index contributed by atoms with van der Waals surface area (Å²) in [4.78, 5) is 28.7. The van der Waals surface area contributed by atoms with Gasteiger partial charge in [0.15, 0.2) is 18.1 Å². The normalized spacial score (nSPS) is 14.1. The monoisotopic (exact) mass is 504 g/mol. The highest BCUT2D eigenvalue weighted by Gasteiger charge is 2.33. The van der Waals surface area contributed by atoms with Gasteiger partial charge in [-0.1, -0.05) is 73.5 Å². The molecule has 1 unspecified atom stereocenters. The third kappa shape index (κ3) is 7.09. The minimum atomic E-state index is -0.837. The summed E-state index contributed by atoms with van der Waals surface area (Å²) in [6.07, 6.45) is 4.27. The summed E-state index contributed by atoms with van der Waals surface area (Å²) < 4.78 is 25.8. The molecule has 3 aromatic carbocycles. The third-order valence-electron chi connectivity index (χ3n) is 6.69. The van der Waals surface area contributed by atoms with Crippen molar-refractivity contribution in [2.45, 2.75) is 50.7 Å². The zero-order valence-electron chi connectivity index (χ0n) is 21.1. The second kappa shape index (κ2) is 12.9. The number of benzene rings is 3. The van der Waals surface area contributed by atoms with E-state index in [9.17, 15) is 14.0 Å². The Balaban J connectivity index is 1.63. The summed E-state index contributed by atoms with van der Waals surface area (Å²) in [6, 6.07) is 22.1. The van der Waals surface area contributed by atoms with Crippen LogP contribution < -0.4 is 14.8 Å². The Labute approximate surface area is 217 Å². The number of methoxy groups -OCH3 is 1. The fourth-order valence-electron chi connectivity index (χ4n) is 4.69. The van der Waals surface area contributed by atoms with Gasteiger partial charge in [-0.3, -0.25) is 9.59 Å². The molecule has 37 heavy (non-hydrogen) atoms. The molecule has 1 aliphatic carbocycles. The summed E-state index contributed by atoms with van der Waals surface area (Å²) in [7, 11) is 1.53. The number of hydrogen-bond donors (Lipinski definition) is 1. The first kappa shape index (κ1) is 26.2. The molecule has 3 aromatic rings. The molecule has 0 bridgehead atoms. The molecule has 194 valence electrons. The lowest BCUT2D eigenvalue weighted by Gasteiger charge is -2.32. The number of nitrogens with zero attached hydrogens (tertiary/aromatic N) is 1. The summed E-state index contributed by atoms with van der Waals surface area (Å²) in [5.41, 5.74) is 1.24. The Morgan fingerprint density at radius 3 is 2.30 bits per heavy atom. The van der Waals surface area contributed by atoms with Crippen LogP contribution in [0.15, 0.2) is 78.9 Å². The number of nitrogens with one attached hydrogen (secondary N) is 1. The third-order valence-corrected chi connectivity index (χ3v) is 6.69. The van der Waals surface area contributed by atoms with Crippen molar-refractivity contribution < 1.29 is 23.5 Å². The maximum absolute atomic E-state index is 14.7. The van der Waals surface area contributed by atoms with Crippen molar-refractivity contribution in [1.29, 1.82) is 0 Å². The van der Waals surface area contributed by atoms with E-state index in [0.29, 0.717) is 23.5 Å². The number of carbonyl (C=O) groups is 2. The Morgan fingerprint density at radius 2 is 1.59 bits per heavy atom. The van der Waals surface area contributed by atoms with Gasteiger partial charge < -0.3 is 19.7 Å². The molecule has 1 saturated carbocycles. The van der Waals surface area contributed by atoms with Crippen LogP contribution in [0.5, 0.6) is 11.5 Å². The molecule has 7 heteroatoms. The Morgan fingerprint density at radius 1 is 0.946 bits per heavy atom. The standard InChI is InChI=1S/C30H33FN2O4/c1-36-27-17-9-10-18-28(27)37-21-29(34)33(20-23-13-5-8-16-25(23)31)26(19-22-11-3-2-4-12-22)30(35)32-24-14-6-7-15-24/h2-5,8-13,16-18,24,26H,6-7,14-15,19-21H2,1H3,(H,32,35). The van der Waals surface area contributed by atoms with Gasteiger partial charge in [-0.05, 0) is 36.6 Å². The van der Waals surface area contributed by atoms with Gasteiger partial charge in [-0.25, -0.2) is 4.39 Å².